The topological polar surface area (TPSA) is 91.8 Å². The van der Waals surface area contributed by atoms with Crippen LogP contribution in [0.25, 0.3) is 44.3 Å². The van der Waals surface area contributed by atoms with Crippen molar-refractivity contribution < 1.29 is 18.3 Å². The van der Waals surface area contributed by atoms with E-state index in [2.05, 4.69) is 55.0 Å². The third-order valence-electron chi connectivity index (χ3n) is 11.9. The van der Waals surface area contributed by atoms with Crippen molar-refractivity contribution in [1.82, 2.24) is 30.3 Å². The standard InChI is InChI=1S/C49H47Cl2F2IN8O2.2ClH/c1-3-63-43-25-30(26-44(45(43)54)64-4-2)29-60-21-17-33(18-22-60)59-62(49-56-42-16-14-32(51)28-38(42)47(58-49)36-10-6-8-12-40(36)53)34-19-23-61(24-20-34)48-55-41-15-13-31(50)27-37(41)46(57-48)35-9-5-7-11-39(35)52;;/h5-16,25-28,33-34,59H,3-4,17-24,29H2,1-2H3;2*1H. The zero-order chi connectivity index (χ0) is 44.3. The number of halogens is 7. The van der Waals surface area contributed by atoms with Gasteiger partial charge in [0, 0.05) is 70.7 Å². The molecule has 2 fully saturated rings. The Hall–Kier alpha value is -4.35. The van der Waals surface area contributed by atoms with Crippen LogP contribution < -0.4 is 24.8 Å². The fourth-order valence-corrected chi connectivity index (χ4v) is 9.67. The maximum atomic E-state index is 15.6. The number of nitrogens with zero attached hydrogens (tertiary/aromatic N) is 7. The summed E-state index contributed by atoms with van der Waals surface area (Å²) in [6.45, 7) is 8.90. The van der Waals surface area contributed by atoms with Gasteiger partial charge in [-0.3, -0.25) is 9.91 Å². The fourth-order valence-electron chi connectivity index (χ4n) is 8.71. The van der Waals surface area contributed by atoms with E-state index in [1.807, 2.05) is 32.0 Å². The fraction of sp³-hybridized carbons (Fsp3) is 0.306. The second kappa shape index (κ2) is 22.2. The van der Waals surface area contributed by atoms with Crippen LogP contribution in [-0.4, -0.2) is 76.3 Å². The molecule has 7 aromatic rings. The molecule has 0 spiro atoms. The SMILES string of the molecule is CCOc1cc(CN2CCC(NN(c3nc(-c4ccccc4F)c4cc(Cl)ccc4n3)C3CCN(c4nc(-c5ccccc5F)c5cc(Cl)ccc5n4)CC3)CC2)cc(OCC)c1I.Cl.Cl. The van der Waals surface area contributed by atoms with Crippen molar-refractivity contribution in [3.05, 3.63) is 128 Å². The average Bonchev–Trinajstić information content (AvgIpc) is 3.30. The number of hydrogen-bond donors (Lipinski definition) is 1. The van der Waals surface area contributed by atoms with Gasteiger partial charge in [-0.1, -0.05) is 47.5 Å². The van der Waals surface area contributed by atoms with Crippen molar-refractivity contribution in [2.45, 2.75) is 58.2 Å². The first-order chi connectivity index (χ1) is 31.1. The Morgan fingerprint density at radius 1 is 0.682 bits per heavy atom. The number of ether oxygens (including phenoxy) is 2. The maximum Gasteiger partial charge on any atom is 0.241 e. The molecule has 2 aromatic heterocycles. The lowest BCUT2D eigenvalue weighted by Gasteiger charge is -2.42. The third-order valence-corrected chi connectivity index (χ3v) is 13.4. The van der Waals surface area contributed by atoms with Gasteiger partial charge >= 0.3 is 0 Å². The van der Waals surface area contributed by atoms with Gasteiger partial charge in [0.15, 0.2) is 0 Å². The highest BCUT2D eigenvalue weighted by atomic mass is 127. The van der Waals surface area contributed by atoms with Crippen molar-refractivity contribution >= 4 is 104 Å². The second-order valence-electron chi connectivity index (χ2n) is 16.1. The van der Waals surface area contributed by atoms with E-state index in [-0.39, 0.29) is 48.5 Å². The Morgan fingerprint density at radius 2 is 1.21 bits per heavy atom. The first-order valence-electron chi connectivity index (χ1n) is 21.7. The summed E-state index contributed by atoms with van der Waals surface area (Å²) in [5.41, 5.74) is 8.11. The molecular formula is C49H49Cl4F2IN8O2. The largest absolute Gasteiger partial charge is 0.493 e. The van der Waals surface area contributed by atoms with Crippen LogP contribution in [0.3, 0.4) is 0 Å². The molecule has 5 aromatic carbocycles. The molecule has 0 radical (unpaired) electrons. The summed E-state index contributed by atoms with van der Waals surface area (Å²) in [6.07, 6.45) is 3.18. The minimum absolute atomic E-state index is 0. The first-order valence-corrected chi connectivity index (χ1v) is 23.5. The summed E-state index contributed by atoms with van der Waals surface area (Å²) in [4.78, 5) is 24.8. The summed E-state index contributed by atoms with van der Waals surface area (Å²) in [5.74, 6) is 1.92. The Morgan fingerprint density at radius 3 is 1.76 bits per heavy atom. The van der Waals surface area contributed by atoms with E-state index in [1.54, 1.807) is 54.6 Å². The molecule has 346 valence electrons. The molecule has 4 heterocycles. The Labute approximate surface area is 419 Å². The van der Waals surface area contributed by atoms with Crippen molar-refractivity contribution in [3.8, 4) is 34.0 Å². The highest BCUT2D eigenvalue weighted by molar-refractivity contribution is 14.1. The summed E-state index contributed by atoms with van der Waals surface area (Å²) in [7, 11) is 0. The quantitative estimate of drug-likeness (QED) is 0.0889. The lowest BCUT2D eigenvalue weighted by molar-refractivity contribution is 0.184. The van der Waals surface area contributed by atoms with Gasteiger partial charge in [-0.15, -0.1) is 24.8 Å². The van der Waals surface area contributed by atoms with E-state index in [4.69, 9.17) is 52.6 Å². The number of hydrogen-bond acceptors (Lipinski definition) is 10. The van der Waals surface area contributed by atoms with Crippen LogP contribution in [0.1, 0.15) is 45.1 Å². The molecule has 2 aliphatic heterocycles. The van der Waals surface area contributed by atoms with Crippen LogP contribution in [0.2, 0.25) is 10.0 Å². The zero-order valence-corrected chi connectivity index (χ0v) is 41.6. The normalized spacial score (nSPS) is 14.8. The van der Waals surface area contributed by atoms with Crippen LogP contribution in [0.5, 0.6) is 11.5 Å². The highest BCUT2D eigenvalue weighted by Gasteiger charge is 2.32. The Bertz CT molecular complexity index is 2790. The number of benzene rings is 5. The van der Waals surface area contributed by atoms with E-state index in [0.29, 0.717) is 105 Å². The Balaban J connectivity index is 0.00000324. The monoisotopic (exact) mass is 1090 g/mol. The number of rotatable bonds is 13. The van der Waals surface area contributed by atoms with E-state index < -0.39 is 0 Å². The van der Waals surface area contributed by atoms with E-state index in [1.165, 1.54) is 12.1 Å². The lowest BCUT2D eigenvalue weighted by atomic mass is 10.0. The predicted octanol–water partition coefficient (Wildman–Crippen LogP) is 12.4. The molecule has 9 rings (SSSR count). The van der Waals surface area contributed by atoms with Crippen LogP contribution in [0, 0.1) is 15.2 Å². The second-order valence-corrected chi connectivity index (χ2v) is 18.0. The molecule has 0 atom stereocenters. The molecular weight excluding hydrogens is 1040 g/mol. The van der Waals surface area contributed by atoms with Crippen LogP contribution in [0.4, 0.5) is 20.7 Å². The molecule has 1 N–H and O–H groups in total. The minimum atomic E-state index is -0.379. The molecule has 17 heteroatoms. The summed E-state index contributed by atoms with van der Waals surface area (Å²) in [5, 5.41) is 4.51. The molecule has 66 heavy (non-hydrogen) atoms. The van der Waals surface area contributed by atoms with Crippen LogP contribution in [0.15, 0.2) is 97.1 Å². The van der Waals surface area contributed by atoms with E-state index >= 15 is 8.78 Å². The predicted molar refractivity (Wildman–Crippen MR) is 275 cm³/mol. The van der Waals surface area contributed by atoms with Crippen molar-refractivity contribution in [3.63, 3.8) is 0 Å². The molecule has 0 aliphatic carbocycles. The van der Waals surface area contributed by atoms with Gasteiger partial charge in [0.05, 0.1) is 45.2 Å². The van der Waals surface area contributed by atoms with E-state index in [0.717, 1.165) is 53.1 Å². The average molecular weight is 1090 g/mol. The Kier molecular flexibility index (Phi) is 16.6. The van der Waals surface area contributed by atoms with Gasteiger partial charge in [0.1, 0.15) is 23.1 Å². The van der Waals surface area contributed by atoms with Gasteiger partial charge in [0.25, 0.3) is 0 Å². The number of anilines is 2. The number of nitrogens with one attached hydrogen (secondary N) is 1. The third kappa shape index (κ3) is 10.8. The molecule has 0 bridgehead atoms. The lowest BCUT2D eigenvalue weighted by Crippen LogP contribution is -2.57. The van der Waals surface area contributed by atoms with Gasteiger partial charge in [-0.05, 0) is 140 Å². The van der Waals surface area contributed by atoms with Gasteiger partial charge < -0.3 is 14.4 Å². The maximum absolute atomic E-state index is 15.6. The number of likely N-dealkylation sites (tertiary alicyclic amines) is 1. The molecule has 2 aliphatic rings. The van der Waals surface area contributed by atoms with Crippen LogP contribution >= 0.6 is 70.6 Å². The van der Waals surface area contributed by atoms with Crippen molar-refractivity contribution in [2.24, 2.45) is 0 Å². The van der Waals surface area contributed by atoms with Gasteiger partial charge in [0.2, 0.25) is 11.9 Å². The van der Waals surface area contributed by atoms with Gasteiger partial charge in [-0.2, -0.15) is 0 Å². The summed E-state index contributed by atoms with van der Waals surface area (Å²) >= 11 is 15.2. The summed E-state index contributed by atoms with van der Waals surface area (Å²) < 4.78 is 43.8. The van der Waals surface area contributed by atoms with E-state index in [9.17, 15) is 0 Å². The number of piperidine rings is 2. The zero-order valence-electron chi connectivity index (χ0n) is 36.3. The van der Waals surface area contributed by atoms with Crippen molar-refractivity contribution in [2.75, 3.05) is 49.3 Å². The number of fused-ring (bicyclic) bond motifs is 2. The first kappa shape index (κ1) is 49.6. The summed E-state index contributed by atoms with van der Waals surface area (Å²) in [6, 6.07) is 28.5. The number of hydrazine groups is 1. The molecule has 2 saturated heterocycles. The molecule has 0 saturated carbocycles. The van der Waals surface area contributed by atoms with Crippen molar-refractivity contribution in [1.29, 1.82) is 0 Å². The molecule has 10 nitrogen and oxygen atoms in total. The molecule has 0 unspecified atom stereocenters. The number of aromatic nitrogens is 4. The van der Waals surface area contributed by atoms with Crippen LogP contribution in [-0.2, 0) is 6.54 Å². The van der Waals surface area contributed by atoms with Gasteiger partial charge in [-0.25, -0.2) is 34.1 Å². The molecule has 0 amide bonds. The smallest absolute Gasteiger partial charge is 0.241 e. The highest BCUT2D eigenvalue weighted by Crippen LogP contribution is 2.37. The minimum Gasteiger partial charge on any atom is -0.493 e.